The molecule has 1 unspecified atom stereocenters. The molecule has 1 aromatic rings. The summed E-state index contributed by atoms with van der Waals surface area (Å²) in [4.78, 5) is 22.2. The number of hydrogen-bond donors (Lipinski definition) is 3. The predicted molar refractivity (Wildman–Crippen MR) is 79.1 cm³/mol. The Hall–Kier alpha value is -2.34. The minimum absolute atomic E-state index is 0.277. The number of benzene rings is 1. The van der Waals surface area contributed by atoms with Crippen LogP contribution in [-0.4, -0.2) is 36.9 Å². The number of carbonyl (C=O) groups is 2. The van der Waals surface area contributed by atoms with Gasteiger partial charge >= 0.3 is 12.0 Å². The molecule has 1 aromatic carbocycles. The van der Waals surface area contributed by atoms with Crippen LogP contribution >= 0.6 is 0 Å². The first-order valence-electron chi connectivity index (χ1n) is 6.77. The van der Waals surface area contributed by atoms with Crippen LogP contribution in [0.25, 0.3) is 6.08 Å². The largest absolute Gasteiger partial charge is 0.478 e. The maximum Gasteiger partial charge on any atom is 0.328 e. The molecule has 0 radical (unpaired) electrons. The predicted octanol–water partition coefficient (Wildman–Crippen LogP) is 1.94. The zero-order valence-corrected chi connectivity index (χ0v) is 11.5. The van der Waals surface area contributed by atoms with Crippen molar-refractivity contribution in [2.75, 3.05) is 25.1 Å². The molecule has 1 fully saturated rings. The molecule has 1 aliphatic rings. The molecule has 1 saturated heterocycles. The summed E-state index contributed by atoms with van der Waals surface area (Å²) in [6.07, 6.45) is 3.50. The highest BCUT2D eigenvalue weighted by atomic mass is 16.5. The highest BCUT2D eigenvalue weighted by Gasteiger charge is 2.16. The molecule has 6 nitrogen and oxygen atoms in total. The number of carboxylic acids is 1. The number of anilines is 1. The fourth-order valence-corrected chi connectivity index (χ4v) is 2.04. The van der Waals surface area contributed by atoms with Crippen molar-refractivity contribution in [1.29, 1.82) is 0 Å². The Morgan fingerprint density at radius 1 is 1.43 bits per heavy atom. The minimum atomic E-state index is -1.01. The zero-order chi connectivity index (χ0) is 15.1. The third-order valence-electron chi connectivity index (χ3n) is 3.14. The molecule has 0 aromatic heterocycles. The Morgan fingerprint density at radius 3 is 3.00 bits per heavy atom. The van der Waals surface area contributed by atoms with Crippen LogP contribution < -0.4 is 10.6 Å². The number of hydrogen-bond acceptors (Lipinski definition) is 3. The van der Waals surface area contributed by atoms with Gasteiger partial charge in [-0.2, -0.15) is 0 Å². The van der Waals surface area contributed by atoms with Crippen molar-refractivity contribution < 1.29 is 19.4 Å². The van der Waals surface area contributed by atoms with E-state index in [1.807, 2.05) is 0 Å². The van der Waals surface area contributed by atoms with Crippen molar-refractivity contribution in [2.24, 2.45) is 5.92 Å². The standard InChI is InChI=1S/C15H18N2O4/c18-14(19)5-4-11-2-1-3-13(8-11)17-15(20)16-9-12-6-7-21-10-12/h1-5,8,12H,6-7,9-10H2,(H,18,19)(H2,16,17,20)/b5-4+. The number of rotatable bonds is 5. The molecule has 0 saturated carbocycles. The lowest BCUT2D eigenvalue weighted by atomic mass is 10.1. The number of carboxylic acid groups (broad SMARTS) is 1. The number of nitrogens with one attached hydrogen (secondary N) is 2. The smallest absolute Gasteiger partial charge is 0.328 e. The third-order valence-corrected chi connectivity index (χ3v) is 3.14. The van der Waals surface area contributed by atoms with E-state index >= 15 is 0 Å². The summed E-state index contributed by atoms with van der Waals surface area (Å²) in [6.45, 7) is 2.03. The van der Waals surface area contributed by atoms with Crippen LogP contribution in [0.4, 0.5) is 10.5 Å². The fraction of sp³-hybridized carbons (Fsp3) is 0.333. The summed E-state index contributed by atoms with van der Waals surface area (Å²) in [5, 5.41) is 14.1. The van der Waals surface area contributed by atoms with E-state index < -0.39 is 5.97 Å². The van der Waals surface area contributed by atoms with E-state index in [9.17, 15) is 9.59 Å². The maximum atomic E-state index is 11.8. The minimum Gasteiger partial charge on any atom is -0.478 e. The van der Waals surface area contributed by atoms with Crippen LogP contribution in [0.2, 0.25) is 0 Å². The first kappa shape index (κ1) is 15.1. The van der Waals surface area contributed by atoms with Gasteiger partial charge in [-0.1, -0.05) is 12.1 Å². The van der Waals surface area contributed by atoms with Gasteiger partial charge in [0.05, 0.1) is 6.61 Å². The monoisotopic (exact) mass is 290 g/mol. The molecule has 1 heterocycles. The van der Waals surface area contributed by atoms with Crippen LogP contribution in [0, 0.1) is 5.92 Å². The molecule has 6 heteroatoms. The topological polar surface area (TPSA) is 87.7 Å². The zero-order valence-electron chi connectivity index (χ0n) is 11.5. The van der Waals surface area contributed by atoms with Gasteiger partial charge in [0, 0.05) is 30.8 Å². The van der Waals surface area contributed by atoms with E-state index in [1.54, 1.807) is 24.3 Å². The SMILES string of the molecule is O=C(O)/C=C/c1cccc(NC(=O)NCC2CCOC2)c1. The highest BCUT2D eigenvalue weighted by Crippen LogP contribution is 2.13. The second-order valence-corrected chi connectivity index (χ2v) is 4.86. The van der Waals surface area contributed by atoms with Gasteiger partial charge in [-0.25, -0.2) is 9.59 Å². The Labute approximate surface area is 122 Å². The molecule has 3 N–H and O–H groups in total. The van der Waals surface area contributed by atoms with Crippen molar-refractivity contribution in [1.82, 2.24) is 5.32 Å². The van der Waals surface area contributed by atoms with Crippen LogP contribution in [0.1, 0.15) is 12.0 Å². The molecule has 112 valence electrons. The van der Waals surface area contributed by atoms with Crippen LogP contribution in [0.5, 0.6) is 0 Å². The molecular formula is C15H18N2O4. The normalized spacial score (nSPS) is 17.8. The molecule has 1 atom stereocenters. The van der Waals surface area contributed by atoms with Gasteiger partial charge in [-0.15, -0.1) is 0 Å². The van der Waals surface area contributed by atoms with E-state index in [1.165, 1.54) is 6.08 Å². The summed E-state index contributed by atoms with van der Waals surface area (Å²) in [7, 11) is 0. The Bertz CT molecular complexity index is 536. The second-order valence-electron chi connectivity index (χ2n) is 4.86. The van der Waals surface area contributed by atoms with Gasteiger partial charge in [-0.3, -0.25) is 0 Å². The number of ether oxygens (including phenoxy) is 1. The average Bonchev–Trinajstić information content (AvgIpc) is 2.97. The van der Waals surface area contributed by atoms with E-state index in [-0.39, 0.29) is 6.03 Å². The Morgan fingerprint density at radius 2 is 2.29 bits per heavy atom. The first-order valence-corrected chi connectivity index (χ1v) is 6.77. The molecule has 0 spiro atoms. The lowest BCUT2D eigenvalue weighted by molar-refractivity contribution is -0.131. The number of amides is 2. The van der Waals surface area contributed by atoms with Gasteiger partial charge < -0.3 is 20.5 Å². The van der Waals surface area contributed by atoms with Crippen molar-refractivity contribution >= 4 is 23.8 Å². The summed E-state index contributed by atoms with van der Waals surface area (Å²) >= 11 is 0. The fourth-order valence-electron chi connectivity index (χ4n) is 2.04. The van der Waals surface area contributed by atoms with Crippen molar-refractivity contribution in [2.45, 2.75) is 6.42 Å². The Balaban J connectivity index is 1.85. The van der Waals surface area contributed by atoms with E-state index in [0.717, 1.165) is 19.1 Å². The molecule has 1 aliphatic heterocycles. The molecule has 21 heavy (non-hydrogen) atoms. The number of carbonyl (C=O) groups excluding carboxylic acids is 1. The van der Waals surface area contributed by atoms with Gasteiger partial charge in [0.1, 0.15) is 0 Å². The average molecular weight is 290 g/mol. The van der Waals surface area contributed by atoms with Gasteiger partial charge in [0.2, 0.25) is 0 Å². The van der Waals surface area contributed by atoms with Gasteiger partial charge in [0.15, 0.2) is 0 Å². The van der Waals surface area contributed by atoms with Crippen molar-refractivity contribution in [3.05, 3.63) is 35.9 Å². The summed E-state index contributed by atoms with van der Waals surface area (Å²) in [5.74, 6) is -0.634. The molecule has 0 bridgehead atoms. The lowest BCUT2D eigenvalue weighted by Crippen LogP contribution is -2.33. The van der Waals surface area contributed by atoms with Crippen LogP contribution in [0.15, 0.2) is 30.3 Å². The number of urea groups is 1. The molecular weight excluding hydrogens is 272 g/mol. The van der Waals surface area contributed by atoms with Crippen LogP contribution in [-0.2, 0) is 9.53 Å². The summed E-state index contributed by atoms with van der Waals surface area (Å²) in [6, 6.07) is 6.69. The van der Waals surface area contributed by atoms with Crippen molar-refractivity contribution in [3.63, 3.8) is 0 Å². The lowest BCUT2D eigenvalue weighted by Gasteiger charge is -2.11. The van der Waals surface area contributed by atoms with Crippen molar-refractivity contribution in [3.8, 4) is 0 Å². The van der Waals surface area contributed by atoms with Gasteiger partial charge in [0.25, 0.3) is 0 Å². The first-order chi connectivity index (χ1) is 10.1. The summed E-state index contributed by atoms with van der Waals surface area (Å²) in [5.41, 5.74) is 1.32. The second kappa shape index (κ2) is 7.44. The third kappa shape index (κ3) is 5.27. The number of aliphatic carboxylic acids is 1. The molecule has 2 rings (SSSR count). The Kier molecular flexibility index (Phi) is 5.34. The van der Waals surface area contributed by atoms with E-state index in [2.05, 4.69) is 10.6 Å². The highest BCUT2D eigenvalue weighted by molar-refractivity contribution is 5.90. The maximum absolute atomic E-state index is 11.8. The van der Waals surface area contributed by atoms with E-state index in [0.29, 0.717) is 30.3 Å². The molecule has 2 amide bonds. The van der Waals surface area contributed by atoms with Gasteiger partial charge in [-0.05, 0) is 30.2 Å². The van der Waals surface area contributed by atoms with E-state index in [4.69, 9.17) is 9.84 Å². The molecule has 0 aliphatic carbocycles. The van der Waals surface area contributed by atoms with Crippen LogP contribution in [0.3, 0.4) is 0 Å². The quantitative estimate of drug-likeness (QED) is 0.723. The summed E-state index contributed by atoms with van der Waals surface area (Å²) < 4.78 is 5.24.